The van der Waals surface area contributed by atoms with Gasteiger partial charge in [0.05, 0.1) is 5.97 Å². The molecule has 0 radical (unpaired) electrons. The predicted molar refractivity (Wildman–Crippen MR) is 52.2 cm³/mol. The van der Waals surface area contributed by atoms with Gasteiger partial charge in [-0.2, -0.15) is 0 Å². The third kappa shape index (κ3) is 3.51. The van der Waals surface area contributed by atoms with Crippen molar-refractivity contribution in [1.29, 1.82) is 0 Å². The fraction of sp³-hybridized carbons (Fsp3) is 0.300. The number of rotatable bonds is 4. The standard InChI is InChI=1S/C10H12O2S/c1-8(10(11)12)13-7-9-5-3-2-4-6-9/h2-6,8H,7H2,1H3,(H,11,12)/p-1/t8-/m0/s1. The lowest BCUT2D eigenvalue weighted by atomic mass is 10.2. The molecule has 1 atom stereocenters. The number of benzene rings is 1. The lowest BCUT2D eigenvalue weighted by Gasteiger charge is -2.11. The molecule has 0 aliphatic carbocycles. The number of hydrogen-bond donors (Lipinski definition) is 0. The zero-order valence-corrected chi connectivity index (χ0v) is 8.21. The first kappa shape index (κ1) is 10.1. The molecule has 0 heterocycles. The topological polar surface area (TPSA) is 40.1 Å². The Balaban J connectivity index is 2.39. The number of carboxylic acids is 1. The molecule has 0 aliphatic heterocycles. The summed E-state index contributed by atoms with van der Waals surface area (Å²) in [6.45, 7) is 1.64. The third-order valence-electron chi connectivity index (χ3n) is 1.67. The van der Waals surface area contributed by atoms with E-state index in [0.717, 1.165) is 11.3 Å². The zero-order valence-electron chi connectivity index (χ0n) is 7.40. The summed E-state index contributed by atoms with van der Waals surface area (Å²) in [6.07, 6.45) is 0. The highest BCUT2D eigenvalue weighted by Gasteiger charge is 2.02. The van der Waals surface area contributed by atoms with Crippen molar-refractivity contribution in [3.05, 3.63) is 35.9 Å². The molecule has 0 saturated heterocycles. The van der Waals surface area contributed by atoms with Gasteiger partial charge >= 0.3 is 0 Å². The Morgan fingerprint density at radius 3 is 2.62 bits per heavy atom. The van der Waals surface area contributed by atoms with Crippen molar-refractivity contribution in [3.8, 4) is 0 Å². The van der Waals surface area contributed by atoms with Crippen LogP contribution in [0.2, 0.25) is 0 Å². The van der Waals surface area contributed by atoms with Crippen LogP contribution < -0.4 is 5.11 Å². The smallest absolute Gasteiger partial charge is 0.0541 e. The molecule has 0 unspecified atom stereocenters. The molecule has 0 amide bonds. The first-order valence-electron chi connectivity index (χ1n) is 4.06. The summed E-state index contributed by atoms with van der Waals surface area (Å²) in [7, 11) is 0. The largest absolute Gasteiger partial charge is 0.549 e. The van der Waals surface area contributed by atoms with Crippen molar-refractivity contribution < 1.29 is 9.90 Å². The summed E-state index contributed by atoms with van der Waals surface area (Å²) in [5, 5.41) is 9.94. The molecule has 0 aromatic heterocycles. The van der Waals surface area contributed by atoms with E-state index in [0.29, 0.717) is 0 Å². The van der Waals surface area contributed by atoms with Crippen LogP contribution in [-0.4, -0.2) is 11.2 Å². The Kier molecular flexibility index (Phi) is 3.83. The van der Waals surface area contributed by atoms with Gasteiger partial charge in [0, 0.05) is 11.0 Å². The minimum Gasteiger partial charge on any atom is -0.549 e. The maximum atomic E-state index is 10.4. The van der Waals surface area contributed by atoms with Crippen molar-refractivity contribution in [1.82, 2.24) is 0 Å². The molecule has 70 valence electrons. The van der Waals surface area contributed by atoms with Crippen LogP contribution in [0, 0.1) is 0 Å². The fourth-order valence-corrected chi connectivity index (χ4v) is 1.63. The third-order valence-corrected chi connectivity index (χ3v) is 2.87. The SMILES string of the molecule is C[C@H](SCc1ccccc1)C(=O)[O-]. The fourth-order valence-electron chi connectivity index (χ4n) is 0.864. The van der Waals surface area contributed by atoms with Crippen molar-refractivity contribution >= 4 is 17.7 Å². The summed E-state index contributed by atoms with van der Waals surface area (Å²) in [6, 6.07) is 9.79. The highest BCUT2D eigenvalue weighted by atomic mass is 32.2. The highest BCUT2D eigenvalue weighted by molar-refractivity contribution is 7.99. The second-order valence-corrected chi connectivity index (χ2v) is 4.09. The summed E-state index contributed by atoms with van der Waals surface area (Å²) in [5.74, 6) is -0.281. The average molecular weight is 195 g/mol. The van der Waals surface area contributed by atoms with Gasteiger partial charge in [-0.1, -0.05) is 30.3 Å². The molecule has 0 fully saturated rings. The summed E-state index contributed by atoms with van der Waals surface area (Å²) in [5.41, 5.74) is 1.14. The van der Waals surface area contributed by atoms with Crippen molar-refractivity contribution in [2.24, 2.45) is 0 Å². The van der Waals surface area contributed by atoms with E-state index in [1.54, 1.807) is 6.92 Å². The van der Waals surface area contributed by atoms with Crippen LogP contribution in [0.15, 0.2) is 30.3 Å². The van der Waals surface area contributed by atoms with E-state index in [2.05, 4.69) is 0 Å². The van der Waals surface area contributed by atoms with E-state index < -0.39 is 11.2 Å². The Labute approximate surface area is 82.0 Å². The maximum Gasteiger partial charge on any atom is 0.0541 e. The Bertz CT molecular complexity index is 272. The monoisotopic (exact) mass is 195 g/mol. The molecule has 2 nitrogen and oxygen atoms in total. The van der Waals surface area contributed by atoms with Gasteiger partial charge in [-0.05, 0) is 12.5 Å². The first-order chi connectivity index (χ1) is 6.20. The summed E-state index contributed by atoms with van der Waals surface area (Å²) < 4.78 is 0. The molecular formula is C10H11O2S-. The second-order valence-electron chi connectivity index (χ2n) is 2.76. The Morgan fingerprint density at radius 2 is 2.08 bits per heavy atom. The lowest BCUT2D eigenvalue weighted by molar-refractivity contribution is -0.304. The van der Waals surface area contributed by atoms with Crippen LogP contribution in [-0.2, 0) is 10.5 Å². The van der Waals surface area contributed by atoms with Gasteiger partial charge in [-0.15, -0.1) is 11.8 Å². The number of carbonyl (C=O) groups excluding carboxylic acids is 1. The van der Waals surface area contributed by atoms with E-state index in [-0.39, 0.29) is 0 Å². The molecule has 1 rings (SSSR count). The molecule has 1 aromatic rings. The normalized spacial score (nSPS) is 12.4. The summed E-state index contributed by atoms with van der Waals surface area (Å²) in [4.78, 5) is 10.4. The van der Waals surface area contributed by atoms with Gasteiger partial charge in [0.1, 0.15) is 0 Å². The molecule has 1 aromatic carbocycles. The van der Waals surface area contributed by atoms with E-state index in [1.807, 2.05) is 30.3 Å². The number of carboxylic acid groups (broad SMARTS) is 1. The molecule has 0 bridgehead atoms. The molecule has 13 heavy (non-hydrogen) atoms. The predicted octanol–water partition coefficient (Wildman–Crippen LogP) is 1.06. The van der Waals surface area contributed by atoms with E-state index >= 15 is 0 Å². The number of hydrogen-bond acceptors (Lipinski definition) is 3. The van der Waals surface area contributed by atoms with Crippen LogP contribution in [0.25, 0.3) is 0 Å². The van der Waals surface area contributed by atoms with Gasteiger partial charge in [-0.25, -0.2) is 0 Å². The minimum atomic E-state index is -0.999. The van der Waals surface area contributed by atoms with Crippen molar-refractivity contribution in [3.63, 3.8) is 0 Å². The molecule has 3 heteroatoms. The van der Waals surface area contributed by atoms with E-state index in [9.17, 15) is 9.90 Å². The van der Waals surface area contributed by atoms with Crippen LogP contribution in [0.3, 0.4) is 0 Å². The first-order valence-corrected chi connectivity index (χ1v) is 5.11. The van der Waals surface area contributed by atoms with E-state index in [1.165, 1.54) is 11.8 Å². The number of aliphatic carboxylic acids is 1. The van der Waals surface area contributed by atoms with Crippen LogP contribution in [0.1, 0.15) is 12.5 Å². The summed E-state index contributed by atoms with van der Waals surface area (Å²) >= 11 is 1.38. The quantitative estimate of drug-likeness (QED) is 0.721. The minimum absolute atomic E-state index is 0.444. The molecular weight excluding hydrogens is 184 g/mol. The number of carbonyl (C=O) groups is 1. The Hall–Kier alpha value is -0.960. The lowest BCUT2D eigenvalue weighted by Crippen LogP contribution is -2.31. The second kappa shape index (κ2) is 4.92. The molecule has 0 saturated carbocycles. The number of thioether (sulfide) groups is 1. The van der Waals surface area contributed by atoms with Crippen LogP contribution >= 0.6 is 11.8 Å². The van der Waals surface area contributed by atoms with E-state index in [4.69, 9.17) is 0 Å². The van der Waals surface area contributed by atoms with Gasteiger partial charge in [0.2, 0.25) is 0 Å². The highest BCUT2D eigenvalue weighted by Crippen LogP contribution is 2.16. The van der Waals surface area contributed by atoms with Gasteiger partial charge in [-0.3, -0.25) is 0 Å². The van der Waals surface area contributed by atoms with Gasteiger partial charge in [0.25, 0.3) is 0 Å². The zero-order chi connectivity index (χ0) is 9.68. The maximum absolute atomic E-state index is 10.4. The van der Waals surface area contributed by atoms with Crippen LogP contribution in [0.5, 0.6) is 0 Å². The van der Waals surface area contributed by atoms with Gasteiger partial charge in [0.15, 0.2) is 0 Å². The Morgan fingerprint density at radius 1 is 1.46 bits per heavy atom. The molecule has 0 aliphatic rings. The van der Waals surface area contributed by atoms with Crippen LogP contribution in [0.4, 0.5) is 0 Å². The van der Waals surface area contributed by atoms with Gasteiger partial charge < -0.3 is 9.90 Å². The molecule has 0 N–H and O–H groups in total. The van der Waals surface area contributed by atoms with Crippen molar-refractivity contribution in [2.75, 3.05) is 0 Å². The average Bonchev–Trinajstić information content (AvgIpc) is 2.15. The van der Waals surface area contributed by atoms with Crippen molar-refractivity contribution in [2.45, 2.75) is 17.9 Å². The molecule has 0 spiro atoms.